The highest BCUT2D eigenvalue weighted by Crippen LogP contribution is 2.42. The number of nitrogens with one attached hydrogen (secondary N) is 1. The smallest absolute Gasteiger partial charge is 0.416 e. The highest BCUT2D eigenvalue weighted by Gasteiger charge is 2.42. The Morgan fingerprint density at radius 3 is 2.33 bits per heavy atom. The van der Waals surface area contributed by atoms with Gasteiger partial charge in [-0.2, -0.15) is 17.6 Å². The first-order valence-electron chi connectivity index (χ1n) is 13.4. The number of amides is 1. The number of fused-ring (bicyclic) bond motifs is 1. The molecule has 1 amide bonds. The molecule has 0 fully saturated rings. The zero-order valence-electron chi connectivity index (χ0n) is 23.9. The molecule has 2 atom stereocenters. The Labute approximate surface area is 246 Å². The summed E-state index contributed by atoms with van der Waals surface area (Å²) in [6.07, 6.45) is -2.67. The lowest BCUT2D eigenvalue weighted by atomic mass is 9.97. The maximum atomic E-state index is 13.6. The monoisotopic (exact) mass is 619 g/mol. The molecule has 0 spiro atoms. The molecule has 0 bridgehead atoms. The zero-order chi connectivity index (χ0) is 30.9. The van der Waals surface area contributed by atoms with Gasteiger partial charge in [0, 0.05) is 30.3 Å². The van der Waals surface area contributed by atoms with Crippen LogP contribution >= 0.6 is 11.3 Å². The summed E-state index contributed by atoms with van der Waals surface area (Å²) >= 11 is 1.44. The second-order valence-corrected chi connectivity index (χ2v) is 17.6. The number of carboxylic acid groups (broad SMARTS) is 1. The van der Waals surface area contributed by atoms with E-state index in [0.29, 0.717) is 23.8 Å². The van der Waals surface area contributed by atoms with Crippen LogP contribution in [0.1, 0.15) is 49.4 Å². The van der Waals surface area contributed by atoms with E-state index in [2.05, 4.69) is 15.3 Å². The molecule has 4 aromatic rings. The van der Waals surface area contributed by atoms with Crippen molar-refractivity contribution < 1.29 is 31.9 Å². The molecule has 224 valence electrons. The van der Waals surface area contributed by atoms with E-state index in [-0.39, 0.29) is 5.04 Å². The van der Waals surface area contributed by atoms with Crippen LogP contribution in [0, 0.1) is 5.95 Å². The van der Waals surface area contributed by atoms with Crippen LogP contribution < -0.4 is 5.32 Å². The minimum atomic E-state index is -4.49. The van der Waals surface area contributed by atoms with Gasteiger partial charge in [0.15, 0.2) is 8.32 Å². The number of carbonyl (C=O) groups is 1. The van der Waals surface area contributed by atoms with E-state index in [4.69, 9.17) is 4.43 Å². The Bertz CT molecular complexity index is 1550. The van der Waals surface area contributed by atoms with Crippen LogP contribution in [0.25, 0.3) is 21.2 Å². The summed E-state index contributed by atoms with van der Waals surface area (Å²) in [5.74, 6) is -0.566. The molecule has 0 saturated heterocycles. The molecule has 12 heteroatoms. The molecule has 0 unspecified atom stereocenters. The molecular weight excluding hydrogens is 586 g/mol. The van der Waals surface area contributed by atoms with Gasteiger partial charge in [-0.15, -0.1) is 11.3 Å². The summed E-state index contributed by atoms with van der Waals surface area (Å²) in [5, 5.41) is 14.3. The summed E-state index contributed by atoms with van der Waals surface area (Å²) in [6.45, 7) is 10.1. The number of halogens is 4. The molecule has 2 aromatic carbocycles. The highest BCUT2D eigenvalue weighted by atomic mass is 32.1. The Hall–Kier alpha value is -3.35. The van der Waals surface area contributed by atoms with Crippen molar-refractivity contribution in [2.45, 2.75) is 70.1 Å². The Morgan fingerprint density at radius 2 is 1.71 bits per heavy atom. The number of aromatic nitrogens is 2. The zero-order valence-corrected chi connectivity index (χ0v) is 25.7. The number of rotatable bonds is 9. The predicted octanol–water partition coefficient (Wildman–Crippen LogP) is 8.85. The third-order valence-electron chi connectivity index (χ3n) is 7.66. The lowest BCUT2D eigenvalue weighted by molar-refractivity contribution is -0.137. The third kappa shape index (κ3) is 7.53. The molecule has 2 aromatic heterocycles. The Kier molecular flexibility index (Phi) is 9.10. The van der Waals surface area contributed by atoms with Gasteiger partial charge >= 0.3 is 12.3 Å². The average molecular weight is 620 g/mol. The van der Waals surface area contributed by atoms with Crippen LogP contribution in [-0.2, 0) is 17.0 Å². The molecule has 0 aliphatic rings. The van der Waals surface area contributed by atoms with Crippen LogP contribution in [-0.4, -0.2) is 35.5 Å². The van der Waals surface area contributed by atoms with Crippen LogP contribution in [0.3, 0.4) is 0 Å². The highest BCUT2D eigenvalue weighted by molar-refractivity contribution is 7.15. The summed E-state index contributed by atoms with van der Waals surface area (Å²) < 4.78 is 60.1. The largest absolute Gasteiger partial charge is 0.465 e. The fourth-order valence-electron chi connectivity index (χ4n) is 4.30. The van der Waals surface area contributed by atoms with Gasteiger partial charge in [-0.25, -0.2) is 14.8 Å². The summed E-state index contributed by atoms with van der Waals surface area (Å²) in [6, 6.07) is 10.9. The van der Waals surface area contributed by atoms with Gasteiger partial charge in [-0.3, -0.25) is 0 Å². The fraction of sp³-hybridized carbons (Fsp3) is 0.367. The first-order chi connectivity index (χ1) is 19.5. The van der Waals surface area contributed by atoms with Gasteiger partial charge in [-0.05, 0) is 59.3 Å². The average Bonchev–Trinajstić information content (AvgIpc) is 3.37. The molecule has 0 saturated carbocycles. The van der Waals surface area contributed by atoms with Gasteiger partial charge in [0.25, 0.3) is 0 Å². The normalized spacial score (nSPS) is 14.1. The number of thiazole rings is 1. The van der Waals surface area contributed by atoms with E-state index in [1.54, 1.807) is 6.20 Å². The number of aryl methyl sites for hydroxylation is 1. The number of hydrogen-bond donors (Lipinski definition) is 2. The second kappa shape index (κ2) is 12.1. The first-order valence-corrected chi connectivity index (χ1v) is 17.1. The van der Waals surface area contributed by atoms with Crippen molar-refractivity contribution in [3.63, 3.8) is 0 Å². The van der Waals surface area contributed by atoms with Crippen molar-refractivity contribution in [1.82, 2.24) is 15.3 Å². The van der Waals surface area contributed by atoms with Gasteiger partial charge in [0.05, 0.1) is 27.6 Å². The van der Waals surface area contributed by atoms with Gasteiger partial charge in [0.2, 0.25) is 5.95 Å². The second-order valence-electron chi connectivity index (χ2n) is 11.7. The Balaban J connectivity index is 1.61. The molecule has 0 aliphatic heterocycles. The molecule has 42 heavy (non-hydrogen) atoms. The minimum Gasteiger partial charge on any atom is -0.465 e. The van der Waals surface area contributed by atoms with Crippen LogP contribution in [0.5, 0.6) is 0 Å². The van der Waals surface area contributed by atoms with Gasteiger partial charge in [0.1, 0.15) is 0 Å². The van der Waals surface area contributed by atoms with E-state index < -0.39 is 44.2 Å². The molecule has 0 radical (unpaired) electrons. The van der Waals surface area contributed by atoms with Gasteiger partial charge in [-0.1, -0.05) is 45.0 Å². The lowest BCUT2D eigenvalue weighted by Crippen LogP contribution is -2.48. The summed E-state index contributed by atoms with van der Waals surface area (Å²) in [4.78, 5) is 20.9. The maximum absolute atomic E-state index is 13.6. The number of nitrogens with zero attached hydrogens (tertiary/aromatic N) is 2. The predicted molar refractivity (Wildman–Crippen MR) is 159 cm³/mol. The van der Waals surface area contributed by atoms with E-state index >= 15 is 0 Å². The number of pyridine rings is 1. The summed E-state index contributed by atoms with van der Waals surface area (Å²) in [5.41, 5.74) is 0.535. The van der Waals surface area contributed by atoms with E-state index in [1.165, 1.54) is 35.7 Å². The van der Waals surface area contributed by atoms with Crippen molar-refractivity contribution in [1.29, 1.82) is 0 Å². The van der Waals surface area contributed by atoms with Crippen LogP contribution in [0.4, 0.5) is 22.4 Å². The van der Waals surface area contributed by atoms with E-state index in [1.807, 2.05) is 52.1 Å². The van der Waals surface area contributed by atoms with Crippen molar-refractivity contribution in [3.8, 4) is 10.4 Å². The topological polar surface area (TPSA) is 84.3 Å². The summed E-state index contributed by atoms with van der Waals surface area (Å²) in [7, 11) is -2.49. The third-order valence-corrected chi connectivity index (χ3v) is 13.2. The molecule has 6 nitrogen and oxygen atoms in total. The fourth-order valence-corrected chi connectivity index (χ4v) is 6.52. The van der Waals surface area contributed by atoms with Crippen molar-refractivity contribution in [3.05, 3.63) is 83.0 Å². The van der Waals surface area contributed by atoms with Crippen LogP contribution in [0.15, 0.2) is 60.9 Å². The van der Waals surface area contributed by atoms with Crippen LogP contribution in [0.2, 0.25) is 18.1 Å². The number of benzene rings is 2. The Morgan fingerprint density at radius 1 is 1.02 bits per heavy atom. The standard InChI is InChI=1S/C30H33F4N3O3SSi/c1-29(2,3)42(4,5)40-27(18-8-10-22(11-9-18)30(32,33)34)23(37-28(38)39)12-13-26-36-17-24(41-26)19-6-7-20-16-35-25(31)15-21(20)14-19/h6-11,14-17,23,27,37H,12-13H2,1-5H3,(H,38,39)/t23-,27-/m1/s1. The number of alkyl halides is 3. The molecular formula is C30H33F4N3O3SSi. The minimum absolute atomic E-state index is 0.228. The molecule has 0 aliphatic carbocycles. The van der Waals surface area contributed by atoms with Crippen molar-refractivity contribution >= 4 is 36.5 Å². The number of hydrogen-bond acceptors (Lipinski definition) is 5. The lowest BCUT2D eigenvalue weighted by Gasteiger charge is -2.41. The van der Waals surface area contributed by atoms with Crippen molar-refractivity contribution in [2.75, 3.05) is 0 Å². The molecule has 4 rings (SSSR count). The molecule has 2 N–H and O–H groups in total. The first kappa shape index (κ1) is 31.6. The van der Waals surface area contributed by atoms with Crippen molar-refractivity contribution in [2.24, 2.45) is 0 Å². The van der Waals surface area contributed by atoms with E-state index in [9.17, 15) is 27.5 Å². The maximum Gasteiger partial charge on any atom is 0.416 e. The SMILES string of the molecule is CC(C)(C)[Si](C)(C)O[C@H](c1ccc(C(F)(F)F)cc1)[C@@H](CCc1ncc(-c2ccc3cnc(F)cc3c2)s1)NC(=O)O. The quantitative estimate of drug-likeness (QED) is 0.111. The molecule has 2 heterocycles. The van der Waals surface area contributed by atoms with E-state index in [0.717, 1.165) is 33.0 Å². The van der Waals surface area contributed by atoms with Gasteiger partial charge < -0.3 is 14.8 Å².